The van der Waals surface area contributed by atoms with Gasteiger partial charge in [0.15, 0.2) is 0 Å². The average Bonchev–Trinajstić information content (AvgIpc) is 2.94. The number of halogens is 1. The average molecular weight is 389 g/mol. The van der Waals surface area contributed by atoms with Crippen LogP contribution < -0.4 is 4.72 Å². The van der Waals surface area contributed by atoms with Crippen molar-refractivity contribution >= 4 is 27.7 Å². The molecule has 0 unspecified atom stereocenters. The number of nitrogens with zero attached hydrogens (tertiary/aromatic N) is 1. The molecule has 2 rings (SSSR count). The molecule has 0 saturated carbocycles. The minimum absolute atomic E-state index is 0.122. The summed E-state index contributed by atoms with van der Waals surface area (Å²) in [5, 5.41) is 0.563. The third-order valence-corrected chi connectivity index (χ3v) is 5.39. The number of carbonyl (C=O) groups is 1. The molecule has 1 amide bonds. The zero-order valence-electron chi connectivity index (χ0n) is 14.8. The Kier molecular flexibility index (Phi) is 6.35. The number of nitrogens with one attached hydrogen (secondary N) is 1. The highest BCUT2D eigenvalue weighted by Crippen LogP contribution is 2.20. The first-order chi connectivity index (χ1) is 11.6. The molecule has 1 heterocycles. The minimum Gasteiger partial charge on any atom is -0.444 e. The molecule has 1 aromatic rings. The third-order valence-electron chi connectivity index (χ3n) is 3.81. The first-order valence-corrected chi connectivity index (χ1v) is 10.3. The molecule has 1 fully saturated rings. The molecule has 1 N–H and O–H groups in total. The maximum Gasteiger partial charge on any atom is 0.410 e. The van der Waals surface area contributed by atoms with Crippen LogP contribution >= 0.6 is 11.6 Å². The summed E-state index contributed by atoms with van der Waals surface area (Å²) >= 11 is 5.81. The highest BCUT2D eigenvalue weighted by molar-refractivity contribution is 7.88. The van der Waals surface area contributed by atoms with Crippen LogP contribution in [-0.2, 0) is 20.5 Å². The summed E-state index contributed by atoms with van der Waals surface area (Å²) in [6.45, 7) is 6.20. The molecule has 25 heavy (non-hydrogen) atoms. The van der Waals surface area contributed by atoms with Crippen LogP contribution in [0.25, 0.3) is 0 Å². The molecule has 0 aliphatic carbocycles. The van der Waals surface area contributed by atoms with E-state index in [0.717, 1.165) is 12.8 Å². The lowest BCUT2D eigenvalue weighted by atomic mass is 10.2. The number of rotatable bonds is 5. The minimum atomic E-state index is -3.49. The molecule has 6 nitrogen and oxygen atoms in total. The van der Waals surface area contributed by atoms with Gasteiger partial charge in [0.25, 0.3) is 0 Å². The molecule has 0 spiro atoms. The first kappa shape index (κ1) is 20.0. The molecule has 140 valence electrons. The van der Waals surface area contributed by atoms with Crippen molar-refractivity contribution in [2.45, 2.75) is 51.0 Å². The van der Waals surface area contributed by atoms with Crippen molar-refractivity contribution in [3.63, 3.8) is 0 Å². The number of sulfonamides is 1. The SMILES string of the molecule is CC(C)(C)OC(=O)N1CCC[C@@H]1CNS(=O)(=O)Cc1ccc(Cl)cc1. The Balaban J connectivity index is 1.92. The molecule has 0 bridgehead atoms. The highest BCUT2D eigenvalue weighted by atomic mass is 35.5. The second kappa shape index (κ2) is 7.93. The Morgan fingerprint density at radius 3 is 2.56 bits per heavy atom. The quantitative estimate of drug-likeness (QED) is 0.840. The highest BCUT2D eigenvalue weighted by Gasteiger charge is 2.32. The van der Waals surface area contributed by atoms with Crippen molar-refractivity contribution in [1.82, 2.24) is 9.62 Å². The van der Waals surface area contributed by atoms with Crippen molar-refractivity contribution < 1.29 is 17.9 Å². The lowest BCUT2D eigenvalue weighted by molar-refractivity contribution is 0.0229. The van der Waals surface area contributed by atoms with Gasteiger partial charge in [-0.2, -0.15) is 0 Å². The van der Waals surface area contributed by atoms with Crippen molar-refractivity contribution in [3.8, 4) is 0 Å². The Morgan fingerprint density at radius 2 is 1.96 bits per heavy atom. The zero-order chi connectivity index (χ0) is 18.7. The maximum atomic E-state index is 12.3. The van der Waals surface area contributed by atoms with Gasteiger partial charge < -0.3 is 9.64 Å². The van der Waals surface area contributed by atoms with Gasteiger partial charge in [-0.3, -0.25) is 0 Å². The first-order valence-electron chi connectivity index (χ1n) is 8.27. The topological polar surface area (TPSA) is 75.7 Å². The van der Waals surface area contributed by atoms with Crippen LogP contribution in [0.5, 0.6) is 0 Å². The molecule has 8 heteroatoms. The predicted octanol–water partition coefficient (Wildman–Crippen LogP) is 3.16. The van der Waals surface area contributed by atoms with E-state index in [1.165, 1.54) is 0 Å². The van der Waals surface area contributed by atoms with Gasteiger partial charge in [0.2, 0.25) is 10.0 Å². The summed E-state index contributed by atoms with van der Waals surface area (Å²) in [4.78, 5) is 13.8. The van der Waals surface area contributed by atoms with E-state index < -0.39 is 21.7 Å². The fourth-order valence-electron chi connectivity index (χ4n) is 2.68. The van der Waals surface area contributed by atoms with Gasteiger partial charge in [0.1, 0.15) is 5.60 Å². The normalized spacial score (nSPS) is 18.4. The fourth-order valence-corrected chi connectivity index (χ4v) is 3.99. The van der Waals surface area contributed by atoms with Gasteiger partial charge in [-0.1, -0.05) is 23.7 Å². The summed E-state index contributed by atoms with van der Waals surface area (Å²) in [6.07, 6.45) is 1.19. The number of benzene rings is 1. The molecular formula is C17H25ClN2O4S. The van der Waals surface area contributed by atoms with Gasteiger partial charge in [-0.25, -0.2) is 17.9 Å². The second-order valence-corrected chi connectivity index (χ2v) is 9.45. The summed E-state index contributed by atoms with van der Waals surface area (Å²) in [5.41, 5.74) is 0.0884. The van der Waals surface area contributed by atoms with E-state index in [1.807, 2.05) is 20.8 Å². The monoisotopic (exact) mass is 388 g/mol. The Labute approximate surface area is 154 Å². The summed E-state index contributed by atoms with van der Waals surface area (Å²) in [5.74, 6) is -0.122. The van der Waals surface area contributed by atoms with Crippen molar-refractivity contribution in [2.24, 2.45) is 0 Å². The number of hydrogen-bond acceptors (Lipinski definition) is 4. The lowest BCUT2D eigenvalue weighted by Crippen LogP contribution is -2.45. The number of likely N-dealkylation sites (tertiary alicyclic amines) is 1. The molecule has 1 aromatic carbocycles. The smallest absolute Gasteiger partial charge is 0.410 e. The molecule has 0 radical (unpaired) electrons. The van der Waals surface area contributed by atoms with E-state index >= 15 is 0 Å². The Morgan fingerprint density at radius 1 is 1.32 bits per heavy atom. The van der Waals surface area contributed by atoms with Gasteiger partial charge in [-0.05, 0) is 51.3 Å². The van der Waals surface area contributed by atoms with E-state index in [-0.39, 0.29) is 18.3 Å². The molecule has 1 aliphatic heterocycles. The van der Waals surface area contributed by atoms with Crippen LogP contribution in [0.4, 0.5) is 4.79 Å². The Bertz CT molecular complexity index is 698. The van der Waals surface area contributed by atoms with E-state index in [4.69, 9.17) is 16.3 Å². The molecule has 1 saturated heterocycles. The maximum absolute atomic E-state index is 12.3. The third kappa shape index (κ3) is 6.49. The predicted molar refractivity (Wildman–Crippen MR) is 98.0 cm³/mol. The summed E-state index contributed by atoms with van der Waals surface area (Å²) in [7, 11) is -3.49. The van der Waals surface area contributed by atoms with Gasteiger partial charge in [0, 0.05) is 24.2 Å². The van der Waals surface area contributed by atoms with Gasteiger partial charge in [0.05, 0.1) is 5.75 Å². The number of carbonyl (C=O) groups excluding carboxylic acids is 1. The van der Waals surface area contributed by atoms with Crippen LogP contribution in [0.1, 0.15) is 39.2 Å². The van der Waals surface area contributed by atoms with Crippen molar-refractivity contribution in [3.05, 3.63) is 34.9 Å². The van der Waals surface area contributed by atoms with E-state index in [2.05, 4.69) is 4.72 Å². The van der Waals surface area contributed by atoms with Gasteiger partial charge in [-0.15, -0.1) is 0 Å². The van der Waals surface area contributed by atoms with E-state index in [1.54, 1.807) is 29.2 Å². The van der Waals surface area contributed by atoms with Crippen LogP contribution in [0.3, 0.4) is 0 Å². The zero-order valence-corrected chi connectivity index (χ0v) is 16.4. The van der Waals surface area contributed by atoms with Crippen LogP contribution in [0, 0.1) is 0 Å². The van der Waals surface area contributed by atoms with Crippen molar-refractivity contribution in [1.29, 1.82) is 0 Å². The lowest BCUT2D eigenvalue weighted by Gasteiger charge is -2.28. The Hall–Kier alpha value is -1.31. The number of amides is 1. The van der Waals surface area contributed by atoms with Crippen molar-refractivity contribution in [2.75, 3.05) is 13.1 Å². The largest absolute Gasteiger partial charge is 0.444 e. The van der Waals surface area contributed by atoms with Crippen LogP contribution in [0.15, 0.2) is 24.3 Å². The standard InChI is InChI=1S/C17H25ClN2O4S/c1-17(2,3)24-16(21)20-10-4-5-15(20)11-19-25(22,23)12-13-6-8-14(18)9-7-13/h6-9,15,19H,4-5,10-12H2,1-3H3/t15-/m1/s1. The molecular weight excluding hydrogens is 364 g/mol. The second-order valence-electron chi connectivity index (χ2n) is 7.20. The number of ether oxygens (including phenoxy) is 1. The van der Waals surface area contributed by atoms with Crippen LogP contribution in [-0.4, -0.2) is 44.1 Å². The summed E-state index contributed by atoms with van der Waals surface area (Å²) in [6, 6.07) is 6.50. The molecule has 1 atom stereocenters. The van der Waals surface area contributed by atoms with E-state index in [9.17, 15) is 13.2 Å². The van der Waals surface area contributed by atoms with E-state index in [0.29, 0.717) is 17.1 Å². The fraction of sp³-hybridized carbons (Fsp3) is 0.588. The molecule has 0 aromatic heterocycles. The van der Waals surface area contributed by atoms with Crippen LogP contribution in [0.2, 0.25) is 5.02 Å². The molecule has 1 aliphatic rings. The van der Waals surface area contributed by atoms with Gasteiger partial charge >= 0.3 is 6.09 Å². The summed E-state index contributed by atoms with van der Waals surface area (Å²) < 4.78 is 32.5. The number of hydrogen-bond donors (Lipinski definition) is 1.